The van der Waals surface area contributed by atoms with E-state index in [9.17, 15) is 5.26 Å². The van der Waals surface area contributed by atoms with Gasteiger partial charge in [-0.3, -0.25) is 0 Å². The molecule has 288 valence electrons. The maximum absolute atomic E-state index is 10.8. The number of nitriles is 1. The zero-order chi connectivity index (χ0) is 41.4. The molecule has 0 aliphatic rings. The highest BCUT2D eigenvalue weighted by Crippen LogP contribution is 2.39. The number of fused-ring (bicyclic) bond motifs is 9. The van der Waals surface area contributed by atoms with E-state index in [0.717, 1.165) is 76.7 Å². The summed E-state index contributed by atoms with van der Waals surface area (Å²) in [7, 11) is -3.14. The molecular formula is C56H34N4OSi. The van der Waals surface area contributed by atoms with E-state index in [-0.39, 0.29) is 0 Å². The highest BCUT2D eigenvalue weighted by molar-refractivity contribution is 7.20. The van der Waals surface area contributed by atoms with E-state index in [2.05, 4.69) is 178 Å². The second-order valence-electron chi connectivity index (χ2n) is 15.9. The third-order valence-corrected chi connectivity index (χ3v) is 17.4. The highest BCUT2D eigenvalue weighted by Gasteiger charge is 2.42. The molecular weight excluding hydrogens is 773 g/mol. The van der Waals surface area contributed by atoms with E-state index in [1.54, 1.807) is 0 Å². The van der Waals surface area contributed by atoms with Crippen LogP contribution in [0.4, 0.5) is 5.69 Å². The molecule has 5 nitrogen and oxygen atoms in total. The summed E-state index contributed by atoms with van der Waals surface area (Å²) in [6, 6.07) is 75.4. The fraction of sp³-hybridized carbons (Fsp3) is 0. The van der Waals surface area contributed by atoms with Crippen molar-refractivity contribution < 1.29 is 4.42 Å². The Morgan fingerprint density at radius 2 is 0.984 bits per heavy atom. The summed E-state index contributed by atoms with van der Waals surface area (Å²) in [5, 5.41) is 22.1. The SMILES string of the molecule is [C-]#[N+]c1ccc2c(c1)c1ccccc1n2-c1cc(C#N)cc([Si](c2ccccc2)(c2ccccc2)c2ccc(-n3c4ccccc4c4cc5oc6ccccc6c5cc43)cc2)c1. The lowest BCUT2D eigenvalue weighted by Crippen LogP contribution is -2.74. The number of furan rings is 1. The van der Waals surface area contributed by atoms with Crippen LogP contribution in [-0.2, 0) is 0 Å². The maximum atomic E-state index is 10.8. The van der Waals surface area contributed by atoms with Gasteiger partial charge < -0.3 is 13.6 Å². The van der Waals surface area contributed by atoms with E-state index in [4.69, 9.17) is 11.0 Å². The van der Waals surface area contributed by atoms with E-state index in [1.165, 1.54) is 20.9 Å². The van der Waals surface area contributed by atoms with Gasteiger partial charge in [-0.05, 0) is 98.9 Å². The predicted molar refractivity (Wildman–Crippen MR) is 257 cm³/mol. The van der Waals surface area contributed by atoms with Crippen molar-refractivity contribution >= 4 is 100 Å². The Balaban J connectivity index is 1.12. The van der Waals surface area contributed by atoms with Crippen molar-refractivity contribution in [2.75, 3.05) is 0 Å². The first-order chi connectivity index (χ1) is 30.6. The van der Waals surface area contributed by atoms with Gasteiger partial charge in [0.25, 0.3) is 0 Å². The standard InChI is InChI=1S/C56H34N4OSi/c1-58-38-24-29-53-48(32-38)45-18-8-12-22-52(45)60(53)40-30-37(36-57)31-44(33-40)62(41-14-4-2-5-15-41,42-16-6-3-7-17-42)43-27-25-39(26-28-43)59-51-21-11-9-19-46(51)49-35-56-50(34-54(49)59)47-20-10-13-23-55(47)61-56/h2-35H. The number of rotatable bonds is 6. The van der Waals surface area contributed by atoms with Gasteiger partial charge in [0, 0.05) is 38.3 Å². The summed E-state index contributed by atoms with van der Waals surface area (Å²) in [6.07, 6.45) is 0. The van der Waals surface area contributed by atoms with Crippen LogP contribution in [0.2, 0.25) is 0 Å². The van der Waals surface area contributed by atoms with Crippen molar-refractivity contribution in [1.29, 1.82) is 5.26 Å². The Bertz CT molecular complexity index is 3790. The topological polar surface area (TPSA) is 51.1 Å². The van der Waals surface area contributed by atoms with Crippen LogP contribution in [0.5, 0.6) is 0 Å². The van der Waals surface area contributed by atoms with Gasteiger partial charge in [0.1, 0.15) is 11.2 Å². The average molecular weight is 807 g/mol. The Labute approximate surface area is 358 Å². The van der Waals surface area contributed by atoms with Crippen LogP contribution >= 0.6 is 0 Å². The third-order valence-electron chi connectivity index (χ3n) is 12.7. The van der Waals surface area contributed by atoms with Gasteiger partial charge in [-0.1, -0.05) is 133 Å². The molecule has 3 heterocycles. The predicted octanol–water partition coefficient (Wildman–Crippen LogP) is 11.6. The first kappa shape index (κ1) is 35.5. The largest absolute Gasteiger partial charge is 0.456 e. The van der Waals surface area contributed by atoms with Crippen molar-refractivity contribution in [1.82, 2.24) is 9.13 Å². The molecule has 0 saturated heterocycles. The minimum atomic E-state index is -3.14. The lowest BCUT2D eigenvalue weighted by atomic mass is 10.1. The first-order valence-electron chi connectivity index (χ1n) is 20.7. The monoisotopic (exact) mass is 806 g/mol. The van der Waals surface area contributed by atoms with Gasteiger partial charge in [-0.2, -0.15) is 5.26 Å². The molecule has 9 aromatic carbocycles. The first-order valence-corrected chi connectivity index (χ1v) is 22.7. The number of hydrogen-bond donors (Lipinski definition) is 0. The second-order valence-corrected chi connectivity index (χ2v) is 19.7. The third kappa shape index (κ3) is 5.18. The zero-order valence-corrected chi connectivity index (χ0v) is 34.3. The minimum absolute atomic E-state index is 0.588. The van der Waals surface area contributed by atoms with E-state index in [0.29, 0.717) is 11.3 Å². The minimum Gasteiger partial charge on any atom is -0.456 e. The molecule has 0 saturated carbocycles. The summed E-state index contributed by atoms with van der Waals surface area (Å²) in [4.78, 5) is 3.75. The highest BCUT2D eigenvalue weighted by atomic mass is 28.3. The molecule has 0 aliphatic carbocycles. The lowest BCUT2D eigenvalue weighted by molar-refractivity contribution is 0.669. The smallest absolute Gasteiger partial charge is 0.188 e. The fourth-order valence-electron chi connectivity index (χ4n) is 10.0. The Morgan fingerprint density at radius 1 is 0.419 bits per heavy atom. The van der Waals surface area contributed by atoms with Crippen molar-refractivity contribution in [3.8, 4) is 17.4 Å². The van der Waals surface area contributed by atoms with Gasteiger partial charge in [0.05, 0.1) is 40.3 Å². The molecule has 0 N–H and O–H groups in total. The molecule has 12 rings (SSSR count). The molecule has 3 aromatic heterocycles. The molecule has 62 heavy (non-hydrogen) atoms. The van der Waals surface area contributed by atoms with Gasteiger partial charge in [0.15, 0.2) is 13.8 Å². The van der Waals surface area contributed by atoms with Crippen molar-refractivity contribution in [2.24, 2.45) is 0 Å². The number of para-hydroxylation sites is 3. The van der Waals surface area contributed by atoms with Crippen molar-refractivity contribution in [3.63, 3.8) is 0 Å². The Hall–Kier alpha value is -8.42. The zero-order valence-electron chi connectivity index (χ0n) is 33.3. The van der Waals surface area contributed by atoms with E-state index < -0.39 is 8.07 Å². The quantitative estimate of drug-likeness (QED) is 0.0955. The molecule has 0 amide bonds. The molecule has 6 heteroatoms. The molecule has 0 radical (unpaired) electrons. The van der Waals surface area contributed by atoms with Crippen LogP contribution < -0.4 is 20.7 Å². The van der Waals surface area contributed by atoms with Crippen molar-refractivity contribution in [2.45, 2.75) is 0 Å². The van der Waals surface area contributed by atoms with Crippen LogP contribution in [0.1, 0.15) is 5.56 Å². The number of aromatic nitrogens is 2. The van der Waals surface area contributed by atoms with Crippen LogP contribution in [0.15, 0.2) is 211 Å². The Kier molecular flexibility index (Phi) is 7.92. The van der Waals surface area contributed by atoms with Crippen LogP contribution in [0, 0.1) is 17.9 Å². The molecule has 0 bridgehead atoms. The number of hydrogen-bond acceptors (Lipinski definition) is 2. The molecule has 12 aromatic rings. The number of benzene rings is 9. The van der Waals surface area contributed by atoms with Crippen LogP contribution in [0.25, 0.3) is 81.8 Å². The summed E-state index contributed by atoms with van der Waals surface area (Å²) in [5.74, 6) is 0. The van der Waals surface area contributed by atoms with Gasteiger partial charge in [-0.15, -0.1) is 0 Å². The normalized spacial score (nSPS) is 11.8. The van der Waals surface area contributed by atoms with Crippen molar-refractivity contribution in [3.05, 3.63) is 223 Å². The van der Waals surface area contributed by atoms with E-state index >= 15 is 0 Å². The van der Waals surface area contributed by atoms with Crippen LogP contribution in [0.3, 0.4) is 0 Å². The maximum Gasteiger partial charge on any atom is 0.188 e. The average Bonchev–Trinajstić information content (AvgIpc) is 3.98. The molecule has 0 unspecified atom stereocenters. The summed E-state index contributed by atoms with van der Waals surface area (Å²) >= 11 is 0. The molecule has 0 aliphatic heterocycles. The molecule has 0 spiro atoms. The van der Waals surface area contributed by atoms with E-state index in [1.807, 2.05) is 48.5 Å². The summed E-state index contributed by atoms with van der Waals surface area (Å²) < 4.78 is 11.0. The lowest BCUT2D eigenvalue weighted by Gasteiger charge is -2.35. The van der Waals surface area contributed by atoms with Gasteiger partial charge in [-0.25, -0.2) is 4.85 Å². The second kappa shape index (κ2) is 13.8. The van der Waals surface area contributed by atoms with Gasteiger partial charge in [0.2, 0.25) is 0 Å². The van der Waals surface area contributed by atoms with Crippen LogP contribution in [-0.4, -0.2) is 17.2 Å². The van der Waals surface area contributed by atoms with Gasteiger partial charge >= 0.3 is 0 Å². The fourth-order valence-corrected chi connectivity index (χ4v) is 14.8. The number of nitrogens with zero attached hydrogens (tertiary/aromatic N) is 4. The molecule has 0 atom stereocenters. The summed E-state index contributed by atoms with van der Waals surface area (Å²) in [5.41, 5.74) is 9.17. The Morgan fingerprint density at radius 3 is 1.65 bits per heavy atom. The molecule has 0 fully saturated rings. The summed E-state index contributed by atoms with van der Waals surface area (Å²) in [6.45, 7) is 7.75.